The van der Waals surface area contributed by atoms with Crippen molar-refractivity contribution in [3.05, 3.63) is 95.0 Å². The number of amidine groups is 1. The highest BCUT2D eigenvalue weighted by atomic mass is 35.5. The predicted molar refractivity (Wildman–Crippen MR) is 183 cm³/mol. The van der Waals surface area contributed by atoms with Crippen LogP contribution in [-0.2, 0) is 19.6 Å². The van der Waals surface area contributed by atoms with Crippen molar-refractivity contribution in [3.8, 4) is 5.75 Å². The van der Waals surface area contributed by atoms with Gasteiger partial charge in [-0.1, -0.05) is 60.2 Å². The first-order chi connectivity index (χ1) is 20.2. The number of piperidine rings is 1. The van der Waals surface area contributed by atoms with Crippen LogP contribution in [0.3, 0.4) is 0 Å². The number of carbonyl (C=O) groups is 1. The van der Waals surface area contributed by atoms with Crippen molar-refractivity contribution in [2.75, 3.05) is 41.2 Å². The maximum atomic E-state index is 13.3. The molecule has 3 aromatic rings. The van der Waals surface area contributed by atoms with E-state index in [4.69, 9.17) is 32.2 Å². The fourth-order valence-electron chi connectivity index (χ4n) is 4.69. The van der Waals surface area contributed by atoms with Gasteiger partial charge < -0.3 is 20.1 Å². The number of nitrogens with two attached hydrogens (primary N) is 1. The third kappa shape index (κ3) is 10.1. The minimum absolute atomic E-state index is 0. The Morgan fingerprint density at radius 1 is 1.07 bits per heavy atom. The zero-order valence-electron chi connectivity index (χ0n) is 24.2. The highest BCUT2D eigenvalue weighted by molar-refractivity contribution is 7.93. The quantitative estimate of drug-likeness (QED) is 0.138. The van der Waals surface area contributed by atoms with Crippen molar-refractivity contribution in [1.29, 1.82) is 5.41 Å². The average Bonchev–Trinajstić information content (AvgIpc) is 2.97. The van der Waals surface area contributed by atoms with E-state index in [1.807, 2.05) is 24.3 Å². The first-order valence-corrected chi connectivity index (χ1v) is 15.7. The largest absolute Gasteiger partial charge is 0.489 e. The molecule has 1 saturated heterocycles. The molecule has 0 atom stereocenters. The van der Waals surface area contributed by atoms with E-state index in [1.54, 1.807) is 49.4 Å². The van der Waals surface area contributed by atoms with E-state index in [9.17, 15) is 13.2 Å². The number of nitrogen functional groups attached to an aromatic ring is 1. The zero-order valence-corrected chi connectivity index (χ0v) is 27.4. The van der Waals surface area contributed by atoms with Gasteiger partial charge in [-0.15, -0.1) is 24.8 Å². The molecule has 9 nitrogen and oxygen atoms in total. The Bertz CT molecular complexity index is 1530. The fraction of sp³-hybridized carbons (Fsp3) is 0.290. The third-order valence-electron chi connectivity index (χ3n) is 6.78. The van der Waals surface area contributed by atoms with Gasteiger partial charge in [0.25, 0.3) is 0 Å². The number of anilines is 2. The van der Waals surface area contributed by atoms with Crippen LogP contribution in [-0.4, -0.2) is 58.3 Å². The topological polar surface area (TPSA) is 126 Å². The molecule has 0 amide bonds. The first-order valence-electron chi connectivity index (χ1n) is 13.7. The summed E-state index contributed by atoms with van der Waals surface area (Å²) in [6, 6.07) is 22.1. The summed E-state index contributed by atoms with van der Waals surface area (Å²) in [5.74, 6) is -1.25. The molecule has 0 aromatic heterocycles. The number of esters is 1. The lowest BCUT2D eigenvalue weighted by Crippen LogP contribution is -2.38. The molecule has 238 valence electrons. The number of hydrogen-bond acceptors (Lipinski definition) is 7. The van der Waals surface area contributed by atoms with E-state index in [0.717, 1.165) is 35.8 Å². The van der Waals surface area contributed by atoms with E-state index in [1.165, 1.54) is 11.8 Å². The highest BCUT2D eigenvalue weighted by Gasteiger charge is 2.27. The normalized spacial score (nSPS) is 13.5. The Labute approximate surface area is 276 Å². The molecule has 13 heteroatoms. The minimum Gasteiger partial charge on any atom is -0.489 e. The van der Waals surface area contributed by atoms with Gasteiger partial charge in [0.1, 0.15) is 17.7 Å². The second-order valence-electron chi connectivity index (χ2n) is 9.79. The first kappa shape index (κ1) is 36.8. The van der Waals surface area contributed by atoms with Gasteiger partial charge in [-0.05, 0) is 48.9 Å². The Morgan fingerprint density at radius 2 is 1.77 bits per heavy atom. The summed E-state index contributed by atoms with van der Waals surface area (Å²) in [4.78, 5) is 14.4. The lowest BCUT2D eigenvalue weighted by atomic mass is 10.1. The summed E-state index contributed by atoms with van der Waals surface area (Å²) in [6.07, 6.45) is 5.00. The van der Waals surface area contributed by atoms with E-state index in [2.05, 4.69) is 17.0 Å². The standard InChI is InChI=1S/C31H35ClN4O5S.2ClH/c1-2-40-30(37)22-42(38,39)36(17-7-9-23-8-6-10-24(20-23)31(33)34)26-13-14-29(28(32)21-26)41-27-15-18-35(19-16-27)25-11-4-3-5-12-25;;/h3-14,20-21,27H,2,15-19,22H2,1H3,(H3,33,34);2*1H/b9-7+;;. The van der Waals surface area contributed by atoms with Crippen LogP contribution < -0.4 is 19.7 Å². The molecule has 3 aromatic carbocycles. The molecule has 1 heterocycles. The fourth-order valence-corrected chi connectivity index (χ4v) is 6.20. The molecule has 0 bridgehead atoms. The zero-order chi connectivity index (χ0) is 30.1. The second kappa shape index (κ2) is 17.2. The maximum absolute atomic E-state index is 13.3. The molecule has 0 spiro atoms. The SMILES string of the molecule is CCOC(=O)CS(=O)(=O)N(C/C=C/c1cccc(C(=N)N)c1)c1ccc(OC2CCN(c3ccccc3)CC2)c(Cl)c1.Cl.Cl. The third-order valence-corrected chi connectivity index (χ3v) is 8.71. The maximum Gasteiger partial charge on any atom is 0.323 e. The van der Waals surface area contributed by atoms with Crippen molar-refractivity contribution in [2.45, 2.75) is 25.9 Å². The van der Waals surface area contributed by atoms with Gasteiger partial charge in [-0.3, -0.25) is 14.5 Å². The molecular weight excluding hydrogens is 647 g/mol. The Kier molecular flexibility index (Phi) is 14.3. The number of halogens is 3. The van der Waals surface area contributed by atoms with Gasteiger partial charge in [0.15, 0.2) is 5.75 Å². The Balaban J connectivity index is 0.00000337. The molecule has 1 aliphatic heterocycles. The number of para-hydroxylation sites is 1. The lowest BCUT2D eigenvalue weighted by molar-refractivity contribution is -0.139. The van der Waals surface area contributed by atoms with Gasteiger partial charge in [-0.25, -0.2) is 8.42 Å². The lowest BCUT2D eigenvalue weighted by Gasteiger charge is -2.34. The van der Waals surface area contributed by atoms with Crippen LogP contribution in [0.25, 0.3) is 6.08 Å². The molecule has 3 N–H and O–H groups in total. The van der Waals surface area contributed by atoms with E-state index in [0.29, 0.717) is 11.3 Å². The predicted octanol–water partition coefficient (Wildman–Crippen LogP) is 5.93. The smallest absolute Gasteiger partial charge is 0.323 e. The van der Waals surface area contributed by atoms with Gasteiger partial charge in [-0.2, -0.15) is 0 Å². The van der Waals surface area contributed by atoms with Crippen LogP contribution in [0.4, 0.5) is 11.4 Å². The van der Waals surface area contributed by atoms with Crippen LogP contribution in [0.5, 0.6) is 5.75 Å². The second-order valence-corrected chi connectivity index (χ2v) is 12.1. The summed E-state index contributed by atoms with van der Waals surface area (Å²) in [6.45, 7) is 3.32. The van der Waals surface area contributed by atoms with Crippen LogP contribution in [0.2, 0.25) is 5.02 Å². The van der Waals surface area contributed by atoms with Crippen molar-refractivity contribution in [3.63, 3.8) is 0 Å². The number of sulfonamides is 1. The van der Waals surface area contributed by atoms with Gasteiger partial charge in [0.2, 0.25) is 10.0 Å². The van der Waals surface area contributed by atoms with Crippen molar-refractivity contribution in [1.82, 2.24) is 0 Å². The van der Waals surface area contributed by atoms with Gasteiger partial charge in [0.05, 0.1) is 23.9 Å². The molecule has 4 rings (SSSR count). The summed E-state index contributed by atoms with van der Waals surface area (Å²) in [7, 11) is -4.11. The van der Waals surface area contributed by atoms with Crippen molar-refractivity contribution in [2.24, 2.45) is 5.73 Å². The number of nitrogens with one attached hydrogen (secondary N) is 1. The summed E-state index contributed by atoms with van der Waals surface area (Å²) >= 11 is 6.60. The molecule has 0 saturated carbocycles. The van der Waals surface area contributed by atoms with E-state index < -0.39 is 21.7 Å². The Morgan fingerprint density at radius 3 is 2.41 bits per heavy atom. The number of carbonyl (C=O) groups excluding carboxylic acids is 1. The van der Waals surface area contributed by atoms with Crippen molar-refractivity contribution < 1.29 is 22.7 Å². The van der Waals surface area contributed by atoms with Crippen LogP contribution in [0.1, 0.15) is 30.9 Å². The Hall–Kier alpha value is -3.44. The van der Waals surface area contributed by atoms with Gasteiger partial charge in [0, 0.05) is 37.2 Å². The van der Waals surface area contributed by atoms with E-state index in [-0.39, 0.29) is 60.6 Å². The van der Waals surface area contributed by atoms with E-state index >= 15 is 0 Å². The average molecular weight is 684 g/mol. The molecule has 0 unspecified atom stereocenters. The number of benzene rings is 3. The number of hydrogen-bond donors (Lipinski definition) is 2. The number of ether oxygens (including phenoxy) is 2. The van der Waals surface area contributed by atoms with Crippen LogP contribution >= 0.6 is 36.4 Å². The number of nitrogens with zero attached hydrogens (tertiary/aromatic N) is 2. The monoisotopic (exact) mass is 682 g/mol. The molecular formula is C31H37Cl3N4O5S. The molecule has 1 fully saturated rings. The van der Waals surface area contributed by atoms with Crippen LogP contribution in [0.15, 0.2) is 78.9 Å². The van der Waals surface area contributed by atoms with Gasteiger partial charge >= 0.3 is 5.97 Å². The van der Waals surface area contributed by atoms with Crippen molar-refractivity contribution >= 4 is 75.7 Å². The molecule has 0 radical (unpaired) electrons. The summed E-state index contributed by atoms with van der Waals surface area (Å²) in [5.41, 5.74) is 8.35. The molecule has 0 aliphatic carbocycles. The molecule has 1 aliphatic rings. The highest BCUT2D eigenvalue weighted by Crippen LogP contribution is 2.33. The summed E-state index contributed by atoms with van der Waals surface area (Å²) < 4.78 is 38.9. The number of rotatable bonds is 12. The minimum atomic E-state index is -4.11. The van der Waals surface area contributed by atoms with Crippen LogP contribution in [0, 0.1) is 5.41 Å². The summed E-state index contributed by atoms with van der Waals surface area (Å²) in [5, 5.41) is 7.90. The molecule has 44 heavy (non-hydrogen) atoms.